The smallest absolute Gasteiger partial charge is 0.252 e. The summed E-state index contributed by atoms with van der Waals surface area (Å²) in [6, 6.07) is 14.0. The second-order valence-electron chi connectivity index (χ2n) is 7.93. The van der Waals surface area contributed by atoms with Gasteiger partial charge >= 0.3 is 0 Å². The van der Waals surface area contributed by atoms with Crippen LogP contribution in [0.1, 0.15) is 41.1 Å². The number of imidazole rings is 1. The zero-order valence-electron chi connectivity index (χ0n) is 17.8. The third-order valence-corrected chi connectivity index (χ3v) is 5.70. The van der Waals surface area contributed by atoms with Gasteiger partial charge in [-0.15, -0.1) is 0 Å². The van der Waals surface area contributed by atoms with E-state index in [9.17, 15) is 9.59 Å². The monoisotopic (exact) mass is 418 g/mol. The fourth-order valence-electron chi connectivity index (χ4n) is 3.68. The van der Waals surface area contributed by atoms with Crippen molar-refractivity contribution in [2.75, 3.05) is 12.4 Å². The van der Waals surface area contributed by atoms with E-state index in [-0.39, 0.29) is 17.7 Å². The second kappa shape index (κ2) is 8.63. The van der Waals surface area contributed by atoms with E-state index < -0.39 is 6.04 Å². The first-order chi connectivity index (χ1) is 15.0. The van der Waals surface area contributed by atoms with Gasteiger partial charge in [0.2, 0.25) is 5.91 Å². The van der Waals surface area contributed by atoms with E-state index in [2.05, 4.69) is 22.5 Å². The Hall–Kier alpha value is -3.61. The van der Waals surface area contributed by atoms with Gasteiger partial charge < -0.3 is 19.9 Å². The molecule has 1 heterocycles. The van der Waals surface area contributed by atoms with Crippen LogP contribution in [0.5, 0.6) is 5.75 Å². The highest BCUT2D eigenvalue weighted by molar-refractivity contribution is 5.97. The van der Waals surface area contributed by atoms with Crippen LogP contribution in [0.25, 0.3) is 0 Å². The molecule has 0 saturated heterocycles. The minimum absolute atomic E-state index is 0.0377. The van der Waals surface area contributed by atoms with Gasteiger partial charge in [-0.05, 0) is 42.7 Å². The normalized spacial score (nSPS) is 18.2. The molecule has 2 N–H and O–H groups in total. The van der Waals surface area contributed by atoms with Gasteiger partial charge in [0.25, 0.3) is 5.91 Å². The third-order valence-electron chi connectivity index (χ3n) is 5.70. The molecule has 1 aliphatic rings. The maximum atomic E-state index is 13.1. The molecule has 1 aromatic heterocycles. The number of rotatable bonds is 7. The summed E-state index contributed by atoms with van der Waals surface area (Å²) in [4.78, 5) is 29.6. The minimum atomic E-state index is -0.487. The van der Waals surface area contributed by atoms with Crippen LogP contribution in [0, 0.1) is 11.8 Å². The van der Waals surface area contributed by atoms with E-state index in [4.69, 9.17) is 4.74 Å². The van der Waals surface area contributed by atoms with Crippen molar-refractivity contribution in [1.82, 2.24) is 14.9 Å². The quantitative estimate of drug-likeness (QED) is 0.615. The summed E-state index contributed by atoms with van der Waals surface area (Å²) in [5.41, 5.74) is 1.99. The lowest BCUT2D eigenvalue weighted by Gasteiger charge is -2.21. The number of nitrogens with one attached hydrogen (secondary N) is 2. The summed E-state index contributed by atoms with van der Waals surface area (Å²) in [6.45, 7) is 2.07. The summed E-state index contributed by atoms with van der Waals surface area (Å²) in [5, 5.41) is 5.98. The number of hydrogen-bond acceptors (Lipinski definition) is 4. The first-order valence-corrected chi connectivity index (χ1v) is 10.3. The van der Waals surface area contributed by atoms with Gasteiger partial charge in [0, 0.05) is 42.2 Å². The van der Waals surface area contributed by atoms with Crippen molar-refractivity contribution in [3.8, 4) is 5.75 Å². The van der Waals surface area contributed by atoms with E-state index in [1.165, 1.54) is 0 Å². The Bertz CT molecular complexity index is 1090. The molecule has 2 aromatic carbocycles. The van der Waals surface area contributed by atoms with Crippen molar-refractivity contribution in [1.29, 1.82) is 0 Å². The minimum Gasteiger partial charge on any atom is -0.496 e. The van der Waals surface area contributed by atoms with Crippen LogP contribution in [0.15, 0.2) is 60.9 Å². The number of aryl methyl sites for hydroxylation is 1. The molecule has 3 aromatic rings. The van der Waals surface area contributed by atoms with Gasteiger partial charge in [-0.3, -0.25) is 9.59 Å². The predicted molar refractivity (Wildman–Crippen MR) is 118 cm³/mol. The van der Waals surface area contributed by atoms with E-state index in [1.807, 2.05) is 42.1 Å². The van der Waals surface area contributed by atoms with Crippen LogP contribution in [-0.2, 0) is 11.8 Å². The predicted octanol–water partition coefficient (Wildman–Crippen LogP) is 3.54. The molecule has 2 amide bonds. The van der Waals surface area contributed by atoms with Crippen LogP contribution in [0.3, 0.4) is 0 Å². The molecular weight excluding hydrogens is 392 g/mol. The molecule has 31 heavy (non-hydrogen) atoms. The van der Waals surface area contributed by atoms with Crippen LogP contribution in [0.4, 0.5) is 5.69 Å². The SMILES string of the molecule is COc1ccccc1C(NC(=O)c1ccc(NC(=O)C2CC2C)cc1)c1nccn1C. The fourth-order valence-corrected chi connectivity index (χ4v) is 3.68. The van der Waals surface area contributed by atoms with Gasteiger partial charge in [-0.2, -0.15) is 0 Å². The van der Waals surface area contributed by atoms with Crippen molar-refractivity contribution in [2.24, 2.45) is 18.9 Å². The lowest BCUT2D eigenvalue weighted by Crippen LogP contribution is -2.31. The van der Waals surface area contributed by atoms with Gasteiger partial charge in [0.1, 0.15) is 17.6 Å². The summed E-state index contributed by atoms with van der Waals surface area (Å²) in [5.74, 6) is 1.71. The Morgan fingerprint density at radius 3 is 2.48 bits per heavy atom. The summed E-state index contributed by atoms with van der Waals surface area (Å²) in [6.07, 6.45) is 4.47. The highest BCUT2D eigenvalue weighted by Crippen LogP contribution is 2.38. The number of amides is 2. The number of ether oxygens (including phenoxy) is 1. The summed E-state index contributed by atoms with van der Waals surface area (Å²) in [7, 11) is 3.49. The number of hydrogen-bond donors (Lipinski definition) is 2. The molecule has 160 valence electrons. The number of methoxy groups -OCH3 is 1. The molecular formula is C24H26N4O3. The molecule has 0 radical (unpaired) electrons. The number of carbonyl (C=O) groups excluding carboxylic acids is 2. The van der Waals surface area contributed by atoms with E-state index >= 15 is 0 Å². The largest absolute Gasteiger partial charge is 0.496 e. The zero-order valence-corrected chi connectivity index (χ0v) is 17.8. The second-order valence-corrected chi connectivity index (χ2v) is 7.93. The van der Waals surface area contributed by atoms with Gasteiger partial charge in [0.15, 0.2) is 0 Å². The standard InChI is InChI=1S/C24H26N4O3/c1-15-14-19(15)24(30)26-17-10-8-16(9-11-17)23(29)27-21(22-25-12-13-28(22)2)18-6-4-5-7-20(18)31-3/h4-13,15,19,21H,14H2,1-3H3,(H,26,30)(H,27,29). The van der Waals surface area contributed by atoms with Gasteiger partial charge in [-0.1, -0.05) is 25.1 Å². The zero-order chi connectivity index (χ0) is 22.0. The molecule has 3 atom stereocenters. The lowest BCUT2D eigenvalue weighted by molar-refractivity contribution is -0.117. The van der Waals surface area contributed by atoms with E-state index in [1.54, 1.807) is 37.6 Å². The highest BCUT2D eigenvalue weighted by atomic mass is 16.5. The Labute approximate surface area is 181 Å². The number of benzene rings is 2. The van der Waals surface area contributed by atoms with Crippen LogP contribution in [0.2, 0.25) is 0 Å². The Morgan fingerprint density at radius 2 is 1.87 bits per heavy atom. The average Bonchev–Trinajstić information content (AvgIpc) is 3.37. The number of carbonyl (C=O) groups is 2. The van der Waals surface area contributed by atoms with Crippen LogP contribution >= 0.6 is 0 Å². The maximum Gasteiger partial charge on any atom is 0.252 e. The molecule has 1 saturated carbocycles. The first-order valence-electron chi connectivity index (χ1n) is 10.3. The fraction of sp³-hybridized carbons (Fsp3) is 0.292. The van der Waals surface area contributed by atoms with Crippen molar-refractivity contribution in [2.45, 2.75) is 19.4 Å². The maximum absolute atomic E-state index is 13.1. The van der Waals surface area contributed by atoms with Crippen LogP contribution < -0.4 is 15.4 Å². The third kappa shape index (κ3) is 4.45. The molecule has 0 aliphatic heterocycles. The molecule has 7 heteroatoms. The molecule has 0 bridgehead atoms. The average molecular weight is 418 g/mol. The topological polar surface area (TPSA) is 85.2 Å². The Kier molecular flexibility index (Phi) is 5.75. The van der Waals surface area contributed by atoms with E-state index in [0.717, 1.165) is 12.0 Å². The number of aromatic nitrogens is 2. The first kappa shape index (κ1) is 20.7. The Balaban J connectivity index is 1.54. The van der Waals surface area contributed by atoms with Crippen molar-refractivity contribution in [3.63, 3.8) is 0 Å². The Morgan fingerprint density at radius 1 is 1.16 bits per heavy atom. The van der Waals surface area contributed by atoms with Crippen LogP contribution in [-0.4, -0.2) is 28.5 Å². The molecule has 4 rings (SSSR count). The highest BCUT2D eigenvalue weighted by Gasteiger charge is 2.39. The van der Waals surface area contributed by atoms with E-state index in [0.29, 0.717) is 28.7 Å². The summed E-state index contributed by atoms with van der Waals surface area (Å²) < 4.78 is 7.38. The van der Waals surface area contributed by atoms with Crippen molar-refractivity contribution < 1.29 is 14.3 Å². The summed E-state index contributed by atoms with van der Waals surface area (Å²) >= 11 is 0. The molecule has 1 aliphatic carbocycles. The molecule has 3 unspecified atom stereocenters. The van der Waals surface area contributed by atoms with Crippen molar-refractivity contribution in [3.05, 3.63) is 77.9 Å². The van der Waals surface area contributed by atoms with Crippen molar-refractivity contribution >= 4 is 17.5 Å². The molecule has 1 fully saturated rings. The molecule has 0 spiro atoms. The van der Waals surface area contributed by atoms with Gasteiger partial charge in [-0.25, -0.2) is 4.98 Å². The number of para-hydroxylation sites is 1. The lowest BCUT2D eigenvalue weighted by atomic mass is 10.0. The number of anilines is 1. The number of nitrogens with zero attached hydrogens (tertiary/aromatic N) is 2. The van der Waals surface area contributed by atoms with Gasteiger partial charge in [0.05, 0.1) is 7.11 Å². The molecule has 7 nitrogen and oxygen atoms in total.